The maximum atomic E-state index is 13.1. The van der Waals surface area contributed by atoms with Gasteiger partial charge in [-0.1, -0.05) is 23.8 Å². The van der Waals surface area contributed by atoms with Crippen LogP contribution in [0.4, 0.5) is 5.69 Å². The highest BCUT2D eigenvalue weighted by Crippen LogP contribution is 2.23. The van der Waals surface area contributed by atoms with Gasteiger partial charge < -0.3 is 14.8 Å². The first kappa shape index (κ1) is 24.7. The second kappa shape index (κ2) is 10.9. The zero-order chi connectivity index (χ0) is 24.1. The molecule has 184 valence electrons. The Kier molecular flexibility index (Phi) is 7.88. The van der Waals surface area contributed by atoms with Gasteiger partial charge in [-0.05, 0) is 50.1 Å². The van der Waals surface area contributed by atoms with Crippen LogP contribution in [0, 0.1) is 19.8 Å². The Balaban J connectivity index is 1.47. The van der Waals surface area contributed by atoms with Crippen LogP contribution in [0.15, 0.2) is 47.4 Å². The van der Waals surface area contributed by atoms with E-state index in [9.17, 15) is 13.2 Å². The molecule has 8 nitrogen and oxygen atoms in total. The number of anilines is 1. The molecule has 0 bridgehead atoms. The Hall–Kier alpha value is -2.46. The lowest BCUT2D eigenvalue weighted by Crippen LogP contribution is -2.52. The maximum Gasteiger partial charge on any atom is 0.261 e. The molecule has 2 aliphatic rings. The number of hydrogen-bond donors (Lipinski definition) is 2. The monoisotopic (exact) mass is 487 g/mol. The van der Waals surface area contributed by atoms with Gasteiger partial charge in [0.2, 0.25) is 0 Å². The van der Waals surface area contributed by atoms with E-state index in [2.05, 4.69) is 14.9 Å². The molecular formula is C25H33N3O5S. The van der Waals surface area contributed by atoms with E-state index in [1.165, 1.54) is 12.1 Å². The van der Waals surface area contributed by atoms with E-state index in [4.69, 9.17) is 9.47 Å². The molecule has 2 heterocycles. The standard InChI is InChI=1S/C25H33N3O5S/c1-18-3-6-21(7-4-18)27-34(30,31)22-8-5-19(2)23(15-22)25(29)26-16-24(20-9-12-33-17-20)28-10-13-32-14-11-28/h3-8,15,20,24,27H,9-14,16-17H2,1-2H3,(H,26,29). The number of aryl methyl sites for hydroxylation is 2. The molecule has 0 aromatic heterocycles. The lowest BCUT2D eigenvalue weighted by atomic mass is 9.96. The summed E-state index contributed by atoms with van der Waals surface area (Å²) in [7, 11) is -3.83. The van der Waals surface area contributed by atoms with Crippen molar-refractivity contribution >= 4 is 21.6 Å². The minimum absolute atomic E-state index is 0.0535. The molecule has 2 aliphatic heterocycles. The first-order chi connectivity index (χ1) is 16.3. The van der Waals surface area contributed by atoms with Crippen molar-refractivity contribution < 1.29 is 22.7 Å². The van der Waals surface area contributed by atoms with Gasteiger partial charge in [0.05, 0.1) is 24.7 Å². The third kappa shape index (κ3) is 5.96. The SMILES string of the molecule is Cc1ccc(NS(=O)(=O)c2ccc(C)c(C(=O)NCC(C3CCOC3)N3CCOCC3)c2)cc1. The summed E-state index contributed by atoms with van der Waals surface area (Å²) in [6.45, 7) is 8.68. The lowest BCUT2D eigenvalue weighted by Gasteiger charge is -2.37. The second-order valence-corrected chi connectivity index (χ2v) is 10.7. The van der Waals surface area contributed by atoms with Crippen molar-refractivity contribution in [3.8, 4) is 0 Å². The number of benzene rings is 2. The zero-order valence-electron chi connectivity index (χ0n) is 19.7. The van der Waals surface area contributed by atoms with E-state index in [0.29, 0.717) is 43.5 Å². The van der Waals surface area contributed by atoms with E-state index in [0.717, 1.165) is 37.2 Å². The van der Waals surface area contributed by atoms with E-state index >= 15 is 0 Å². The fourth-order valence-corrected chi connectivity index (χ4v) is 5.58. The van der Waals surface area contributed by atoms with E-state index < -0.39 is 10.0 Å². The number of rotatable bonds is 8. The summed E-state index contributed by atoms with van der Waals surface area (Å²) >= 11 is 0. The number of ether oxygens (including phenoxy) is 2. The fourth-order valence-electron chi connectivity index (χ4n) is 4.50. The van der Waals surface area contributed by atoms with Crippen LogP contribution in [0.1, 0.15) is 27.9 Å². The number of nitrogens with one attached hydrogen (secondary N) is 2. The highest BCUT2D eigenvalue weighted by molar-refractivity contribution is 7.92. The van der Waals surface area contributed by atoms with Crippen molar-refractivity contribution in [2.45, 2.75) is 31.2 Å². The van der Waals surface area contributed by atoms with Crippen LogP contribution < -0.4 is 10.0 Å². The smallest absolute Gasteiger partial charge is 0.261 e. The Labute approximate surface area is 201 Å². The Morgan fingerprint density at radius 2 is 1.79 bits per heavy atom. The van der Waals surface area contributed by atoms with Gasteiger partial charge in [0.25, 0.3) is 15.9 Å². The Morgan fingerprint density at radius 1 is 1.06 bits per heavy atom. The van der Waals surface area contributed by atoms with E-state index in [-0.39, 0.29) is 16.8 Å². The molecule has 1 amide bonds. The van der Waals surface area contributed by atoms with Gasteiger partial charge in [0, 0.05) is 49.5 Å². The summed E-state index contributed by atoms with van der Waals surface area (Å²) in [5.41, 5.74) is 2.59. The number of carbonyl (C=O) groups excluding carboxylic acids is 1. The van der Waals surface area contributed by atoms with Crippen molar-refractivity contribution in [3.63, 3.8) is 0 Å². The normalized spacial score (nSPS) is 20.1. The quantitative estimate of drug-likeness (QED) is 0.594. The van der Waals surface area contributed by atoms with Gasteiger partial charge in [-0.15, -0.1) is 0 Å². The molecule has 0 aliphatic carbocycles. The highest BCUT2D eigenvalue weighted by Gasteiger charge is 2.32. The molecular weight excluding hydrogens is 454 g/mol. The summed E-state index contributed by atoms with van der Waals surface area (Å²) in [6.07, 6.45) is 0.968. The van der Waals surface area contributed by atoms with Crippen molar-refractivity contribution in [1.29, 1.82) is 0 Å². The van der Waals surface area contributed by atoms with Gasteiger partial charge in [-0.3, -0.25) is 14.4 Å². The predicted molar refractivity (Wildman–Crippen MR) is 131 cm³/mol. The predicted octanol–water partition coefficient (Wildman–Crippen LogP) is 2.57. The van der Waals surface area contributed by atoms with Crippen LogP contribution in [-0.2, 0) is 19.5 Å². The first-order valence-electron chi connectivity index (χ1n) is 11.7. The Morgan fingerprint density at radius 3 is 2.47 bits per heavy atom. The van der Waals surface area contributed by atoms with Gasteiger partial charge >= 0.3 is 0 Å². The van der Waals surface area contributed by atoms with Crippen molar-refractivity contribution in [2.24, 2.45) is 5.92 Å². The van der Waals surface area contributed by atoms with Crippen LogP contribution in [0.3, 0.4) is 0 Å². The minimum atomic E-state index is -3.83. The van der Waals surface area contributed by atoms with Crippen molar-refractivity contribution in [1.82, 2.24) is 10.2 Å². The van der Waals surface area contributed by atoms with E-state index in [1.807, 2.05) is 26.0 Å². The average Bonchev–Trinajstić information content (AvgIpc) is 3.36. The minimum Gasteiger partial charge on any atom is -0.381 e. The van der Waals surface area contributed by atoms with Gasteiger partial charge in [0.15, 0.2) is 0 Å². The topological polar surface area (TPSA) is 97.0 Å². The molecule has 2 N–H and O–H groups in total. The second-order valence-electron chi connectivity index (χ2n) is 9.00. The summed E-state index contributed by atoms with van der Waals surface area (Å²) in [5.74, 6) is 0.0759. The number of hydrogen-bond acceptors (Lipinski definition) is 6. The van der Waals surface area contributed by atoms with Crippen LogP contribution >= 0.6 is 0 Å². The first-order valence-corrected chi connectivity index (χ1v) is 13.2. The molecule has 2 aromatic rings. The van der Waals surface area contributed by atoms with Crippen LogP contribution in [0.2, 0.25) is 0 Å². The number of amides is 1. The summed E-state index contributed by atoms with van der Waals surface area (Å²) in [5, 5.41) is 3.06. The third-order valence-electron chi connectivity index (χ3n) is 6.56. The number of sulfonamides is 1. The Bertz CT molecular complexity index is 1090. The highest BCUT2D eigenvalue weighted by atomic mass is 32.2. The maximum absolute atomic E-state index is 13.1. The van der Waals surface area contributed by atoms with Crippen LogP contribution in [0.25, 0.3) is 0 Å². The zero-order valence-corrected chi connectivity index (χ0v) is 20.6. The lowest BCUT2D eigenvalue weighted by molar-refractivity contribution is 0.00166. The molecule has 4 rings (SSSR count). The van der Waals surface area contributed by atoms with Crippen molar-refractivity contribution in [2.75, 3.05) is 50.8 Å². The molecule has 2 atom stereocenters. The molecule has 0 saturated carbocycles. The average molecular weight is 488 g/mol. The summed E-state index contributed by atoms with van der Waals surface area (Å²) in [4.78, 5) is 15.6. The summed E-state index contributed by atoms with van der Waals surface area (Å²) in [6, 6.07) is 11.9. The molecule has 9 heteroatoms. The van der Waals surface area contributed by atoms with Gasteiger partial charge in [-0.2, -0.15) is 0 Å². The van der Waals surface area contributed by atoms with Crippen LogP contribution in [-0.4, -0.2) is 71.3 Å². The molecule has 34 heavy (non-hydrogen) atoms. The van der Waals surface area contributed by atoms with Gasteiger partial charge in [-0.25, -0.2) is 8.42 Å². The van der Waals surface area contributed by atoms with E-state index in [1.54, 1.807) is 18.2 Å². The number of carbonyl (C=O) groups is 1. The molecule has 2 aromatic carbocycles. The van der Waals surface area contributed by atoms with Gasteiger partial charge in [0.1, 0.15) is 0 Å². The molecule has 0 radical (unpaired) electrons. The molecule has 2 unspecified atom stereocenters. The molecule has 2 saturated heterocycles. The summed E-state index contributed by atoms with van der Waals surface area (Å²) < 4.78 is 39.6. The van der Waals surface area contributed by atoms with Crippen molar-refractivity contribution in [3.05, 3.63) is 59.2 Å². The van der Waals surface area contributed by atoms with Crippen LogP contribution in [0.5, 0.6) is 0 Å². The fraction of sp³-hybridized carbons (Fsp3) is 0.480. The largest absolute Gasteiger partial charge is 0.381 e. The third-order valence-corrected chi connectivity index (χ3v) is 7.94. The molecule has 2 fully saturated rings. The number of nitrogens with zero attached hydrogens (tertiary/aromatic N) is 1. The molecule has 0 spiro atoms. The number of morpholine rings is 1.